The Morgan fingerprint density at radius 1 is 0.975 bits per heavy atom. The highest BCUT2D eigenvalue weighted by Gasteiger charge is 2.44. The van der Waals surface area contributed by atoms with Crippen LogP contribution in [0.1, 0.15) is 52.7 Å². The molecule has 1 aromatic heterocycles. The Hall–Kier alpha value is -3.97. The number of benzene rings is 3. The van der Waals surface area contributed by atoms with Crippen molar-refractivity contribution in [3.8, 4) is 28.3 Å². The number of aryl methyl sites for hydroxylation is 2. The van der Waals surface area contributed by atoms with Crippen LogP contribution in [0.4, 0.5) is 5.69 Å². The second-order valence-corrected chi connectivity index (χ2v) is 11.5. The lowest BCUT2D eigenvalue weighted by Crippen LogP contribution is -2.42. The number of rotatable bonds is 4. The molecule has 40 heavy (non-hydrogen) atoms. The predicted molar refractivity (Wildman–Crippen MR) is 155 cm³/mol. The lowest BCUT2D eigenvalue weighted by molar-refractivity contribution is 0.0989. The van der Waals surface area contributed by atoms with E-state index in [9.17, 15) is 4.79 Å². The molecule has 3 aromatic carbocycles. The highest BCUT2D eigenvalue weighted by Crippen LogP contribution is 2.49. The Kier molecular flexibility index (Phi) is 6.00. The van der Waals surface area contributed by atoms with Crippen molar-refractivity contribution in [3.63, 3.8) is 0 Å². The molecule has 0 bridgehead atoms. The molecule has 1 amide bonds. The first-order valence-corrected chi connectivity index (χ1v) is 14.3. The number of anilines is 1. The molecule has 4 heterocycles. The van der Waals surface area contributed by atoms with Crippen molar-refractivity contribution in [1.29, 1.82) is 0 Å². The first kappa shape index (κ1) is 25.0. The molecule has 7 nitrogen and oxygen atoms in total. The highest BCUT2D eigenvalue weighted by molar-refractivity contribution is 6.07. The first-order chi connectivity index (χ1) is 19.4. The Labute approximate surface area is 234 Å². The van der Waals surface area contributed by atoms with Crippen LogP contribution in [0.15, 0.2) is 59.0 Å². The SMILES string of the molecule is CCc1nnc(-c2ccc(-c3ccc(C(=O)N4CCc5cc6c(cc54)C4(CCN(C)CC4)CO6)cc3)c(C)c2)o1. The molecule has 0 N–H and O–H groups in total. The van der Waals surface area contributed by atoms with E-state index in [0.29, 0.717) is 30.3 Å². The van der Waals surface area contributed by atoms with Crippen molar-refractivity contribution in [3.05, 3.63) is 82.7 Å². The van der Waals surface area contributed by atoms with E-state index in [1.165, 1.54) is 11.1 Å². The fourth-order valence-electron chi connectivity index (χ4n) is 6.50. The van der Waals surface area contributed by atoms with Gasteiger partial charge >= 0.3 is 0 Å². The number of carbonyl (C=O) groups excluding carboxylic acids is 1. The Balaban J connectivity index is 1.12. The van der Waals surface area contributed by atoms with Gasteiger partial charge in [0.05, 0.1) is 6.61 Å². The maximum atomic E-state index is 13.7. The third kappa shape index (κ3) is 4.11. The third-order valence-corrected chi connectivity index (χ3v) is 9.03. The number of piperidine rings is 1. The fraction of sp³-hybridized carbons (Fsp3) is 0.364. The van der Waals surface area contributed by atoms with Crippen LogP contribution in [0.5, 0.6) is 5.75 Å². The van der Waals surface area contributed by atoms with Crippen molar-refractivity contribution in [2.45, 2.75) is 44.9 Å². The van der Waals surface area contributed by atoms with Crippen LogP contribution in [0.25, 0.3) is 22.6 Å². The van der Waals surface area contributed by atoms with Gasteiger partial charge in [-0.2, -0.15) is 0 Å². The van der Waals surface area contributed by atoms with Crippen LogP contribution in [0, 0.1) is 6.92 Å². The van der Waals surface area contributed by atoms with Crippen LogP contribution in [-0.2, 0) is 18.3 Å². The summed E-state index contributed by atoms with van der Waals surface area (Å²) in [6.07, 6.45) is 3.77. The smallest absolute Gasteiger partial charge is 0.258 e. The van der Waals surface area contributed by atoms with E-state index in [1.54, 1.807) is 0 Å². The Morgan fingerprint density at radius 2 is 1.75 bits per heavy atom. The molecule has 1 saturated heterocycles. The standard InChI is InChI=1S/C33H34N4O3/c1-4-30-34-35-31(40-30)25-9-10-26(21(2)17-25)22-5-7-23(8-6-22)32(38)37-14-11-24-18-29-27(19-28(24)37)33(20-39-29)12-15-36(3)16-13-33/h5-10,17-19H,4,11-16,20H2,1-3H3. The number of nitrogens with zero attached hydrogens (tertiary/aromatic N) is 4. The number of amides is 1. The minimum atomic E-state index is 0.0526. The number of likely N-dealkylation sites (tertiary alicyclic amines) is 1. The van der Waals surface area contributed by atoms with Crippen molar-refractivity contribution < 1.29 is 13.9 Å². The molecule has 0 atom stereocenters. The summed E-state index contributed by atoms with van der Waals surface area (Å²) in [5.74, 6) is 2.25. The van der Waals surface area contributed by atoms with Gasteiger partial charge in [-0.3, -0.25) is 4.79 Å². The average molecular weight is 535 g/mol. The van der Waals surface area contributed by atoms with E-state index in [2.05, 4.69) is 53.3 Å². The number of carbonyl (C=O) groups is 1. The van der Waals surface area contributed by atoms with Gasteiger partial charge in [-0.1, -0.05) is 25.1 Å². The van der Waals surface area contributed by atoms with E-state index in [-0.39, 0.29) is 11.3 Å². The van der Waals surface area contributed by atoms with Crippen molar-refractivity contribution in [2.24, 2.45) is 0 Å². The average Bonchev–Trinajstić information content (AvgIpc) is 3.71. The van der Waals surface area contributed by atoms with Crippen molar-refractivity contribution in [2.75, 3.05) is 38.2 Å². The van der Waals surface area contributed by atoms with Crippen LogP contribution >= 0.6 is 0 Å². The van der Waals surface area contributed by atoms with Gasteiger partial charge in [0.2, 0.25) is 11.8 Å². The summed E-state index contributed by atoms with van der Waals surface area (Å²) in [4.78, 5) is 18.1. The monoisotopic (exact) mass is 534 g/mol. The second kappa shape index (κ2) is 9.59. The zero-order chi connectivity index (χ0) is 27.4. The summed E-state index contributed by atoms with van der Waals surface area (Å²) >= 11 is 0. The molecule has 7 heteroatoms. The molecule has 0 aliphatic carbocycles. The molecular formula is C33H34N4O3. The van der Waals surface area contributed by atoms with Gasteiger partial charge in [-0.15, -0.1) is 10.2 Å². The van der Waals surface area contributed by atoms with Gasteiger partial charge in [-0.25, -0.2) is 0 Å². The summed E-state index contributed by atoms with van der Waals surface area (Å²) in [6.45, 7) is 7.68. The van der Waals surface area contributed by atoms with E-state index < -0.39 is 0 Å². The molecule has 1 spiro atoms. The number of hydrogen-bond acceptors (Lipinski definition) is 6. The number of ether oxygens (including phenoxy) is 1. The summed E-state index contributed by atoms with van der Waals surface area (Å²) in [7, 11) is 2.19. The molecule has 0 unspecified atom stereocenters. The fourth-order valence-corrected chi connectivity index (χ4v) is 6.50. The van der Waals surface area contributed by atoms with E-state index in [1.807, 2.05) is 42.2 Å². The van der Waals surface area contributed by atoms with Gasteiger partial charge < -0.3 is 19.0 Å². The Morgan fingerprint density at radius 3 is 2.48 bits per heavy atom. The maximum Gasteiger partial charge on any atom is 0.258 e. The summed E-state index contributed by atoms with van der Waals surface area (Å²) < 4.78 is 11.9. The summed E-state index contributed by atoms with van der Waals surface area (Å²) in [6, 6.07) is 18.6. The van der Waals surface area contributed by atoms with Crippen LogP contribution < -0.4 is 9.64 Å². The number of hydrogen-bond donors (Lipinski definition) is 0. The molecule has 4 aromatic rings. The van der Waals surface area contributed by atoms with Crippen LogP contribution in [0.2, 0.25) is 0 Å². The molecule has 7 rings (SSSR count). The van der Waals surface area contributed by atoms with Gasteiger partial charge in [0.25, 0.3) is 5.91 Å². The summed E-state index contributed by atoms with van der Waals surface area (Å²) in [5, 5.41) is 8.24. The zero-order valence-electron chi connectivity index (χ0n) is 23.4. The second-order valence-electron chi connectivity index (χ2n) is 11.5. The highest BCUT2D eigenvalue weighted by atomic mass is 16.5. The predicted octanol–water partition coefficient (Wildman–Crippen LogP) is 5.83. The van der Waals surface area contributed by atoms with Gasteiger partial charge in [-0.05, 0) is 105 Å². The first-order valence-electron chi connectivity index (χ1n) is 14.3. The number of fused-ring (bicyclic) bond motifs is 3. The lowest BCUT2D eigenvalue weighted by atomic mass is 9.74. The zero-order valence-corrected chi connectivity index (χ0v) is 23.4. The molecule has 3 aliphatic heterocycles. The molecule has 3 aliphatic rings. The number of aromatic nitrogens is 2. The van der Waals surface area contributed by atoms with Crippen LogP contribution in [0.3, 0.4) is 0 Å². The quantitative estimate of drug-likeness (QED) is 0.328. The molecule has 1 fully saturated rings. The van der Waals surface area contributed by atoms with Gasteiger partial charge in [0, 0.05) is 40.8 Å². The van der Waals surface area contributed by atoms with Crippen molar-refractivity contribution >= 4 is 11.6 Å². The molecule has 204 valence electrons. The van der Waals surface area contributed by atoms with Crippen molar-refractivity contribution in [1.82, 2.24) is 15.1 Å². The van der Waals surface area contributed by atoms with Gasteiger partial charge in [0.1, 0.15) is 5.75 Å². The maximum absolute atomic E-state index is 13.7. The van der Waals surface area contributed by atoms with Crippen LogP contribution in [-0.4, -0.2) is 54.3 Å². The van der Waals surface area contributed by atoms with Gasteiger partial charge in [0.15, 0.2) is 0 Å². The minimum Gasteiger partial charge on any atom is -0.492 e. The van der Waals surface area contributed by atoms with E-state index in [0.717, 1.165) is 72.6 Å². The largest absolute Gasteiger partial charge is 0.492 e. The topological polar surface area (TPSA) is 71.7 Å². The van der Waals surface area contributed by atoms with E-state index in [4.69, 9.17) is 9.15 Å². The third-order valence-electron chi connectivity index (χ3n) is 9.03. The van der Waals surface area contributed by atoms with E-state index >= 15 is 0 Å². The minimum absolute atomic E-state index is 0.0526. The normalized spacial score (nSPS) is 17.6. The lowest BCUT2D eigenvalue weighted by Gasteiger charge is -2.37. The molecular weight excluding hydrogens is 500 g/mol. The summed E-state index contributed by atoms with van der Waals surface area (Å²) in [5.41, 5.74) is 8.53. The molecule has 0 saturated carbocycles. The molecule has 0 radical (unpaired) electrons. The Bertz CT molecular complexity index is 1600.